The molecular weight excluding hydrogens is 312 g/mol. The number of halogens is 1. The molecule has 3 rings (SSSR count). The summed E-state index contributed by atoms with van der Waals surface area (Å²) in [5.74, 6) is 0.639. The Kier molecular flexibility index (Phi) is 3.50. The zero-order valence-electron chi connectivity index (χ0n) is 10.4. The highest BCUT2D eigenvalue weighted by Gasteiger charge is 2.35. The van der Waals surface area contributed by atoms with Crippen molar-refractivity contribution < 1.29 is 19.4 Å². The predicted molar refractivity (Wildman–Crippen MR) is 72.1 cm³/mol. The summed E-state index contributed by atoms with van der Waals surface area (Å²) in [7, 11) is 0. The molecule has 4 nitrogen and oxygen atoms in total. The molecule has 1 saturated carbocycles. The van der Waals surface area contributed by atoms with Crippen LogP contribution in [0.2, 0.25) is 0 Å². The second-order valence-corrected chi connectivity index (χ2v) is 5.99. The lowest BCUT2D eigenvalue weighted by Gasteiger charge is -2.22. The third-order valence-corrected chi connectivity index (χ3v) is 4.41. The average Bonchev–Trinajstić information content (AvgIpc) is 3.19. The van der Waals surface area contributed by atoms with Crippen molar-refractivity contribution in [2.75, 3.05) is 6.79 Å². The quantitative estimate of drug-likeness (QED) is 0.922. The minimum absolute atomic E-state index is 0.0728. The van der Waals surface area contributed by atoms with E-state index >= 15 is 0 Å². The molecule has 1 aliphatic heterocycles. The number of carboxylic acid groups (broad SMARTS) is 1. The Morgan fingerprint density at radius 3 is 2.95 bits per heavy atom. The van der Waals surface area contributed by atoms with Gasteiger partial charge in [0.1, 0.15) is 5.75 Å². The van der Waals surface area contributed by atoms with E-state index in [-0.39, 0.29) is 19.1 Å². The molecule has 1 aromatic carbocycles. The number of rotatable bonds is 4. The van der Waals surface area contributed by atoms with Gasteiger partial charge in [-0.1, -0.05) is 15.9 Å². The van der Waals surface area contributed by atoms with E-state index in [9.17, 15) is 4.79 Å². The molecule has 1 N–H and O–H groups in total. The maximum Gasteiger partial charge on any atom is 0.303 e. The molecule has 0 aromatic heterocycles. The molecule has 102 valence electrons. The fourth-order valence-electron chi connectivity index (χ4n) is 2.62. The van der Waals surface area contributed by atoms with Gasteiger partial charge in [0.05, 0.1) is 13.0 Å². The van der Waals surface area contributed by atoms with Gasteiger partial charge in [0.2, 0.25) is 0 Å². The first-order chi connectivity index (χ1) is 9.15. The van der Waals surface area contributed by atoms with Gasteiger partial charge in [-0.2, -0.15) is 0 Å². The Morgan fingerprint density at radius 1 is 1.47 bits per heavy atom. The normalized spacial score (nSPS) is 19.4. The van der Waals surface area contributed by atoms with Gasteiger partial charge in [0.15, 0.2) is 6.79 Å². The highest BCUT2D eigenvalue weighted by molar-refractivity contribution is 9.10. The zero-order valence-corrected chi connectivity index (χ0v) is 12.0. The lowest BCUT2D eigenvalue weighted by atomic mass is 9.90. The van der Waals surface area contributed by atoms with Crippen LogP contribution < -0.4 is 4.74 Å². The third-order valence-electron chi connectivity index (χ3n) is 3.72. The number of ether oxygens (including phenoxy) is 2. The van der Waals surface area contributed by atoms with Crippen LogP contribution in [0.25, 0.3) is 0 Å². The first kappa shape index (κ1) is 12.9. The number of aliphatic carboxylic acids is 1. The first-order valence-electron chi connectivity index (χ1n) is 6.40. The highest BCUT2D eigenvalue weighted by Crippen LogP contribution is 2.47. The Balaban J connectivity index is 1.95. The largest absolute Gasteiger partial charge is 0.481 e. The Morgan fingerprint density at radius 2 is 2.26 bits per heavy atom. The van der Waals surface area contributed by atoms with Crippen molar-refractivity contribution in [3.05, 3.63) is 27.7 Å². The van der Waals surface area contributed by atoms with Crippen molar-refractivity contribution >= 4 is 21.9 Å². The van der Waals surface area contributed by atoms with Crippen LogP contribution >= 0.6 is 15.9 Å². The van der Waals surface area contributed by atoms with Crippen LogP contribution in [0.15, 0.2) is 16.6 Å². The van der Waals surface area contributed by atoms with Gasteiger partial charge in [-0.3, -0.25) is 4.79 Å². The van der Waals surface area contributed by atoms with E-state index in [4.69, 9.17) is 14.6 Å². The molecule has 2 aliphatic rings. The lowest BCUT2D eigenvalue weighted by Crippen LogP contribution is -2.14. The summed E-state index contributed by atoms with van der Waals surface area (Å²) in [5, 5.41) is 9.08. The van der Waals surface area contributed by atoms with E-state index < -0.39 is 5.97 Å². The zero-order chi connectivity index (χ0) is 13.4. The molecule has 1 heterocycles. The van der Waals surface area contributed by atoms with Gasteiger partial charge >= 0.3 is 5.97 Å². The molecule has 19 heavy (non-hydrogen) atoms. The Hall–Kier alpha value is -1.07. The first-order valence-corrected chi connectivity index (χ1v) is 7.19. The lowest BCUT2D eigenvalue weighted by molar-refractivity contribution is -0.137. The SMILES string of the molecule is O=C(O)CC(c1cc2c(cc1Br)COCO2)C1CC1. The summed E-state index contributed by atoms with van der Waals surface area (Å²) in [4.78, 5) is 11.0. The topological polar surface area (TPSA) is 55.8 Å². The molecule has 1 atom stereocenters. The second kappa shape index (κ2) is 5.13. The second-order valence-electron chi connectivity index (χ2n) is 5.13. The highest BCUT2D eigenvalue weighted by atomic mass is 79.9. The van der Waals surface area contributed by atoms with Crippen LogP contribution in [0, 0.1) is 5.92 Å². The van der Waals surface area contributed by atoms with Gasteiger partial charge in [-0.05, 0) is 42.4 Å². The van der Waals surface area contributed by atoms with Gasteiger partial charge in [0.25, 0.3) is 0 Å². The molecule has 0 radical (unpaired) electrons. The number of carboxylic acids is 1. The molecular formula is C14H15BrO4. The van der Waals surface area contributed by atoms with Crippen molar-refractivity contribution in [1.29, 1.82) is 0 Å². The molecule has 1 aromatic rings. The van der Waals surface area contributed by atoms with E-state index in [1.807, 2.05) is 12.1 Å². The predicted octanol–water partition coefficient (Wildman–Crippen LogP) is 3.28. The fourth-order valence-corrected chi connectivity index (χ4v) is 3.30. The van der Waals surface area contributed by atoms with E-state index in [0.717, 1.165) is 34.2 Å². The van der Waals surface area contributed by atoms with Crippen LogP contribution in [-0.4, -0.2) is 17.9 Å². The molecule has 1 unspecified atom stereocenters. The molecule has 5 heteroatoms. The van der Waals surface area contributed by atoms with Crippen molar-refractivity contribution in [2.24, 2.45) is 5.92 Å². The van der Waals surface area contributed by atoms with E-state index in [1.165, 1.54) is 0 Å². The van der Waals surface area contributed by atoms with Crippen LogP contribution in [0.1, 0.15) is 36.3 Å². The van der Waals surface area contributed by atoms with E-state index in [2.05, 4.69) is 15.9 Å². The number of hydrogen-bond acceptors (Lipinski definition) is 3. The number of benzene rings is 1. The summed E-state index contributed by atoms with van der Waals surface area (Å²) in [6.45, 7) is 0.808. The molecule has 0 saturated heterocycles. The maximum absolute atomic E-state index is 11.0. The standard InChI is InChI=1S/C14H15BrO4/c15-12-3-9-6-18-7-19-13(9)4-11(12)10(5-14(16)17)8-1-2-8/h3-4,8,10H,1-2,5-7H2,(H,16,17). The van der Waals surface area contributed by atoms with Crippen LogP contribution in [0.3, 0.4) is 0 Å². The summed E-state index contributed by atoms with van der Waals surface area (Å²) < 4.78 is 11.7. The van der Waals surface area contributed by atoms with Gasteiger partial charge in [-0.25, -0.2) is 0 Å². The Bertz CT molecular complexity index is 510. The fraction of sp³-hybridized carbons (Fsp3) is 0.500. The third kappa shape index (κ3) is 2.77. The van der Waals surface area contributed by atoms with Crippen molar-refractivity contribution in [2.45, 2.75) is 31.8 Å². The maximum atomic E-state index is 11.0. The molecule has 0 amide bonds. The van der Waals surface area contributed by atoms with Crippen LogP contribution in [-0.2, 0) is 16.1 Å². The molecule has 0 spiro atoms. The van der Waals surface area contributed by atoms with Gasteiger partial charge in [-0.15, -0.1) is 0 Å². The summed E-state index contributed by atoms with van der Waals surface area (Å²) in [6, 6.07) is 3.97. The van der Waals surface area contributed by atoms with E-state index in [1.54, 1.807) is 0 Å². The summed E-state index contributed by atoms with van der Waals surface area (Å²) >= 11 is 3.56. The smallest absolute Gasteiger partial charge is 0.303 e. The number of hydrogen-bond donors (Lipinski definition) is 1. The van der Waals surface area contributed by atoms with Crippen LogP contribution in [0.5, 0.6) is 5.75 Å². The molecule has 1 aliphatic carbocycles. The van der Waals surface area contributed by atoms with Crippen molar-refractivity contribution in [3.63, 3.8) is 0 Å². The minimum Gasteiger partial charge on any atom is -0.481 e. The van der Waals surface area contributed by atoms with Crippen LogP contribution in [0.4, 0.5) is 0 Å². The van der Waals surface area contributed by atoms with Gasteiger partial charge in [0, 0.05) is 10.0 Å². The van der Waals surface area contributed by atoms with Crippen molar-refractivity contribution in [1.82, 2.24) is 0 Å². The van der Waals surface area contributed by atoms with E-state index in [0.29, 0.717) is 12.5 Å². The minimum atomic E-state index is -0.745. The summed E-state index contributed by atoms with van der Waals surface area (Å²) in [5.41, 5.74) is 2.05. The molecule has 1 fully saturated rings. The molecule has 0 bridgehead atoms. The average molecular weight is 327 g/mol. The van der Waals surface area contributed by atoms with Crippen molar-refractivity contribution in [3.8, 4) is 5.75 Å². The number of carbonyl (C=O) groups is 1. The monoisotopic (exact) mass is 326 g/mol. The Labute approximate surface area is 119 Å². The van der Waals surface area contributed by atoms with Gasteiger partial charge < -0.3 is 14.6 Å². The summed E-state index contributed by atoms with van der Waals surface area (Å²) in [6.07, 6.45) is 2.41. The number of fused-ring (bicyclic) bond motifs is 1.